The Kier molecular flexibility index (Phi) is 4.41. The number of benzene rings is 1. The molecule has 0 saturated heterocycles. The number of aromatic nitrogens is 1. The fourth-order valence-corrected chi connectivity index (χ4v) is 1.24. The Balaban J connectivity index is 0.000000312. The quantitative estimate of drug-likeness (QED) is 0.736. The third-order valence-electron chi connectivity index (χ3n) is 2.09. The van der Waals surface area contributed by atoms with E-state index >= 15 is 0 Å². The number of H-pyrrole nitrogens is 1. The fourth-order valence-electron chi connectivity index (χ4n) is 1.24. The number of amides is 1. The summed E-state index contributed by atoms with van der Waals surface area (Å²) >= 11 is 0. The third kappa shape index (κ3) is 3.66. The second kappa shape index (κ2) is 5.80. The predicted octanol–water partition coefficient (Wildman–Crippen LogP) is 1.86. The zero-order valence-electron chi connectivity index (χ0n) is 9.74. The van der Waals surface area contributed by atoms with Crippen molar-refractivity contribution in [3.8, 4) is 0 Å². The highest BCUT2D eigenvalue weighted by molar-refractivity contribution is 5.93. The van der Waals surface area contributed by atoms with Crippen molar-refractivity contribution in [2.75, 3.05) is 7.11 Å². The third-order valence-corrected chi connectivity index (χ3v) is 2.09. The van der Waals surface area contributed by atoms with Gasteiger partial charge in [-0.15, -0.1) is 0 Å². The molecule has 0 fully saturated rings. The first-order valence-corrected chi connectivity index (χ1v) is 4.89. The standard InChI is InChI=1S/C9H5F2NO2.C2H5NO2/c10-5-1-4-2-8(9(13)14)12-7(4)3-6(5)11;1-5-2(3)4/h1-3,12H,(H,13,14);1H3,(H2,3,4). The van der Waals surface area contributed by atoms with Crippen molar-refractivity contribution in [3.63, 3.8) is 0 Å². The summed E-state index contributed by atoms with van der Waals surface area (Å²) in [5.74, 6) is -3.16. The maximum atomic E-state index is 12.7. The number of ether oxygens (including phenoxy) is 1. The van der Waals surface area contributed by atoms with Crippen LogP contribution in [0.3, 0.4) is 0 Å². The monoisotopic (exact) mass is 272 g/mol. The van der Waals surface area contributed by atoms with Gasteiger partial charge in [0.1, 0.15) is 5.69 Å². The number of carbonyl (C=O) groups is 2. The molecule has 0 aliphatic carbocycles. The molecule has 2 aromatic rings. The number of primary amides is 1. The second-order valence-corrected chi connectivity index (χ2v) is 3.36. The molecule has 0 radical (unpaired) electrons. The molecule has 102 valence electrons. The molecule has 2 rings (SSSR count). The Morgan fingerprint density at radius 1 is 1.26 bits per heavy atom. The van der Waals surface area contributed by atoms with Crippen molar-refractivity contribution in [1.29, 1.82) is 0 Å². The summed E-state index contributed by atoms with van der Waals surface area (Å²) in [5.41, 5.74) is 4.60. The lowest BCUT2D eigenvalue weighted by Gasteiger charge is -1.91. The summed E-state index contributed by atoms with van der Waals surface area (Å²) in [5, 5.41) is 8.94. The first kappa shape index (κ1) is 14.4. The normalized spacial score (nSPS) is 9.63. The van der Waals surface area contributed by atoms with Crippen LogP contribution in [0.5, 0.6) is 0 Å². The minimum absolute atomic E-state index is 0.0926. The van der Waals surface area contributed by atoms with Gasteiger partial charge >= 0.3 is 12.1 Å². The van der Waals surface area contributed by atoms with Crippen LogP contribution in [-0.4, -0.2) is 29.3 Å². The van der Waals surface area contributed by atoms with E-state index in [-0.39, 0.29) is 11.2 Å². The topological polar surface area (TPSA) is 105 Å². The van der Waals surface area contributed by atoms with Gasteiger partial charge in [0.15, 0.2) is 11.6 Å². The number of hydrogen-bond donors (Lipinski definition) is 3. The number of carbonyl (C=O) groups excluding carboxylic acids is 1. The molecule has 0 atom stereocenters. The fraction of sp³-hybridized carbons (Fsp3) is 0.0909. The van der Waals surface area contributed by atoms with E-state index in [0.29, 0.717) is 5.39 Å². The van der Waals surface area contributed by atoms with Crippen LogP contribution >= 0.6 is 0 Å². The largest absolute Gasteiger partial charge is 0.477 e. The first-order chi connectivity index (χ1) is 8.85. The summed E-state index contributed by atoms with van der Waals surface area (Å²) in [7, 11) is 1.22. The molecular weight excluding hydrogens is 262 g/mol. The van der Waals surface area contributed by atoms with E-state index in [1.165, 1.54) is 13.2 Å². The van der Waals surface area contributed by atoms with Crippen LogP contribution in [0.1, 0.15) is 10.5 Å². The summed E-state index contributed by atoms with van der Waals surface area (Å²) in [6.45, 7) is 0. The maximum Gasteiger partial charge on any atom is 0.404 e. The van der Waals surface area contributed by atoms with E-state index in [9.17, 15) is 18.4 Å². The van der Waals surface area contributed by atoms with E-state index in [1.807, 2.05) is 0 Å². The van der Waals surface area contributed by atoms with Crippen LogP contribution in [-0.2, 0) is 4.74 Å². The molecule has 0 aliphatic heterocycles. The summed E-state index contributed by atoms with van der Waals surface area (Å²) < 4.78 is 29.3. The lowest BCUT2D eigenvalue weighted by molar-refractivity contribution is 0.0691. The van der Waals surface area contributed by atoms with Crippen LogP contribution < -0.4 is 5.73 Å². The molecular formula is C11H10F2N2O4. The molecule has 1 heterocycles. The highest BCUT2D eigenvalue weighted by Crippen LogP contribution is 2.19. The molecule has 0 unspecified atom stereocenters. The van der Waals surface area contributed by atoms with Gasteiger partial charge in [-0.1, -0.05) is 0 Å². The Labute approximate surface area is 105 Å². The minimum Gasteiger partial charge on any atom is -0.477 e. The number of nitrogens with one attached hydrogen (secondary N) is 1. The van der Waals surface area contributed by atoms with Crippen LogP contribution in [0.25, 0.3) is 10.9 Å². The average molecular weight is 272 g/mol. The molecule has 0 bridgehead atoms. The number of hydrogen-bond acceptors (Lipinski definition) is 3. The van der Waals surface area contributed by atoms with E-state index in [1.54, 1.807) is 0 Å². The number of methoxy groups -OCH3 is 1. The van der Waals surface area contributed by atoms with Crippen LogP contribution in [0, 0.1) is 11.6 Å². The van der Waals surface area contributed by atoms with Gasteiger partial charge in [0.25, 0.3) is 0 Å². The molecule has 1 aromatic carbocycles. The number of fused-ring (bicyclic) bond motifs is 1. The summed E-state index contributed by atoms with van der Waals surface area (Å²) in [6.07, 6.45) is -0.745. The molecule has 0 saturated carbocycles. The molecule has 0 aliphatic rings. The van der Waals surface area contributed by atoms with E-state index in [4.69, 9.17) is 5.11 Å². The predicted molar refractivity (Wildman–Crippen MR) is 61.8 cm³/mol. The van der Waals surface area contributed by atoms with E-state index < -0.39 is 23.7 Å². The van der Waals surface area contributed by atoms with Crippen LogP contribution in [0.4, 0.5) is 13.6 Å². The number of carboxylic acid groups (broad SMARTS) is 1. The molecule has 8 heteroatoms. The van der Waals surface area contributed by atoms with Crippen LogP contribution in [0.2, 0.25) is 0 Å². The van der Waals surface area contributed by atoms with Gasteiger partial charge in [0.05, 0.1) is 7.11 Å². The van der Waals surface area contributed by atoms with Crippen molar-refractivity contribution in [1.82, 2.24) is 4.98 Å². The molecule has 1 aromatic heterocycles. The van der Waals surface area contributed by atoms with Gasteiger partial charge in [-0.2, -0.15) is 0 Å². The van der Waals surface area contributed by atoms with Crippen molar-refractivity contribution < 1.29 is 28.2 Å². The van der Waals surface area contributed by atoms with Gasteiger partial charge in [-0.05, 0) is 12.1 Å². The zero-order valence-corrected chi connectivity index (χ0v) is 9.74. The highest BCUT2D eigenvalue weighted by atomic mass is 19.2. The van der Waals surface area contributed by atoms with Crippen molar-refractivity contribution in [2.45, 2.75) is 0 Å². The molecule has 1 amide bonds. The van der Waals surface area contributed by atoms with E-state index in [2.05, 4.69) is 15.5 Å². The van der Waals surface area contributed by atoms with Gasteiger partial charge in [-0.25, -0.2) is 18.4 Å². The Morgan fingerprint density at radius 3 is 2.26 bits per heavy atom. The number of nitrogens with two attached hydrogens (primary N) is 1. The summed E-state index contributed by atoms with van der Waals surface area (Å²) in [6, 6.07) is 3.13. The van der Waals surface area contributed by atoms with Crippen LogP contribution in [0.15, 0.2) is 18.2 Å². The highest BCUT2D eigenvalue weighted by Gasteiger charge is 2.10. The van der Waals surface area contributed by atoms with Crippen molar-refractivity contribution in [2.24, 2.45) is 5.73 Å². The molecule has 4 N–H and O–H groups in total. The minimum atomic E-state index is -1.16. The smallest absolute Gasteiger partial charge is 0.404 e. The zero-order chi connectivity index (χ0) is 14.6. The molecule has 0 spiro atoms. The van der Waals surface area contributed by atoms with Gasteiger partial charge in [-0.3, -0.25) is 0 Å². The lowest BCUT2D eigenvalue weighted by atomic mass is 10.2. The Morgan fingerprint density at radius 2 is 1.79 bits per heavy atom. The Bertz CT molecular complexity index is 585. The lowest BCUT2D eigenvalue weighted by Crippen LogP contribution is -2.08. The SMILES string of the molecule is COC(N)=O.O=C(O)c1cc2cc(F)c(F)cc2[nH]1. The van der Waals surface area contributed by atoms with Crippen molar-refractivity contribution >= 4 is 23.0 Å². The number of aromatic carboxylic acids is 1. The number of halogens is 2. The number of carboxylic acids is 1. The number of rotatable bonds is 1. The maximum absolute atomic E-state index is 12.7. The first-order valence-electron chi connectivity index (χ1n) is 4.89. The molecule has 6 nitrogen and oxygen atoms in total. The van der Waals surface area contributed by atoms with Crippen molar-refractivity contribution in [3.05, 3.63) is 35.5 Å². The van der Waals surface area contributed by atoms with E-state index in [0.717, 1.165) is 12.1 Å². The van der Waals surface area contributed by atoms with Gasteiger partial charge in [0.2, 0.25) is 0 Å². The molecule has 19 heavy (non-hydrogen) atoms. The van der Waals surface area contributed by atoms with Gasteiger partial charge in [0, 0.05) is 17.0 Å². The Hall–Kier alpha value is -2.64. The summed E-state index contributed by atoms with van der Waals surface area (Å²) in [4.78, 5) is 22.3. The second-order valence-electron chi connectivity index (χ2n) is 3.36. The number of aromatic amines is 1. The van der Waals surface area contributed by atoms with Gasteiger partial charge < -0.3 is 20.6 Å². The average Bonchev–Trinajstić information content (AvgIpc) is 2.73.